The molecule has 1 amide bonds. The van der Waals surface area contributed by atoms with Crippen molar-refractivity contribution in [2.75, 3.05) is 0 Å². The van der Waals surface area contributed by atoms with Gasteiger partial charge in [-0.3, -0.25) is 9.78 Å². The van der Waals surface area contributed by atoms with Crippen LogP contribution in [0.3, 0.4) is 0 Å². The highest BCUT2D eigenvalue weighted by molar-refractivity contribution is 5.93. The van der Waals surface area contributed by atoms with Gasteiger partial charge in [-0.1, -0.05) is 6.07 Å². The van der Waals surface area contributed by atoms with Crippen molar-refractivity contribution in [3.05, 3.63) is 65.6 Å². The lowest BCUT2D eigenvalue weighted by Crippen LogP contribution is -2.22. The lowest BCUT2D eigenvalue weighted by molar-refractivity contribution is 0.0950. The minimum atomic E-state index is -0.108. The number of nitrogens with zero attached hydrogens (tertiary/aromatic N) is 1. The predicted octanol–water partition coefficient (Wildman–Crippen LogP) is 2.80. The van der Waals surface area contributed by atoms with Gasteiger partial charge < -0.3 is 10.3 Å². The Labute approximate surface area is 116 Å². The summed E-state index contributed by atoms with van der Waals surface area (Å²) >= 11 is 0. The molecule has 2 aromatic heterocycles. The average molecular weight is 265 g/mol. The summed E-state index contributed by atoms with van der Waals surface area (Å²) in [6.45, 7) is 2.54. The first-order valence-corrected chi connectivity index (χ1v) is 6.49. The molecule has 3 rings (SSSR count). The van der Waals surface area contributed by atoms with Crippen molar-refractivity contribution < 1.29 is 4.79 Å². The fraction of sp³-hybridized carbons (Fsp3) is 0.125. The quantitative estimate of drug-likeness (QED) is 0.765. The molecule has 0 aliphatic heterocycles. The van der Waals surface area contributed by atoms with Crippen LogP contribution in [0.2, 0.25) is 0 Å². The minimum Gasteiger partial charge on any atom is -0.359 e. The number of aryl methyl sites for hydroxylation is 1. The van der Waals surface area contributed by atoms with Gasteiger partial charge in [0.2, 0.25) is 0 Å². The summed E-state index contributed by atoms with van der Waals surface area (Å²) in [4.78, 5) is 19.1. The number of hydrogen-bond donors (Lipinski definition) is 2. The second kappa shape index (κ2) is 5.17. The van der Waals surface area contributed by atoms with E-state index in [1.165, 1.54) is 0 Å². The maximum Gasteiger partial charge on any atom is 0.253 e. The van der Waals surface area contributed by atoms with Gasteiger partial charge in [-0.05, 0) is 48.2 Å². The summed E-state index contributed by atoms with van der Waals surface area (Å²) in [6.07, 6.45) is 3.22. The average Bonchev–Trinajstić information content (AvgIpc) is 2.85. The molecule has 0 atom stereocenters. The SMILES string of the molecule is Cc1cc2cc(CNC(=O)c3cccnc3)ccc2[nH]1. The molecule has 0 saturated carbocycles. The van der Waals surface area contributed by atoms with Gasteiger partial charge in [-0.2, -0.15) is 0 Å². The van der Waals surface area contributed by atoms with Gasteiger partial charge in [0.05, 0.1) is 5.56 Å². The van der Waals surface area contributed by atoms with Crippen LogP contribution in [0.1, 0.15) is 21.6 Å². The third-order valence-electron chi connectivity index (χ3n) is 3.20. The van der Waals surface area contributed by atoms with Crippen molar-refractivity contribution in [1.82, 2.24) is 15.3 Å². The number of carbonyl (C=O) groups is 1. The van der Waals surface area contributed by atoms with Crippen LogP contribution in [0, 0.1) is 6.92 Å². The van der Waals surface area contributed by atoms with Crippen molar-refractivity contribution in [3.8, 4) is 0 Å². The van der Waals surface area contributed by atoms with Gasteiger partial charge in [0, 0.05) is 30.1 Å². The van der Waals surface area contributed by atoms with Crippen molar-refractivity contribution in [2.45, 2.75) is 13.5 Å². The first-order chi connectivity index (χ1) is 9.72. The molecule has 4 heteroatoms. The summed E-state index contributed by atoms with van der Waals surface area (Å²) in [5.41, 5.74) is 3.90. The molecular formula is C16H15N3O. The number of amides is 1. The minimum absolute atomic E-state index is 0.108. The summed E-state index contributed by atoms with van der Waals surface area (Å²) < 4.78 is 0. The highest BCUT2D eigenvalue weighted by Gasteiger charge is 2.05. The van der Waals surface area contributed by atoms with Crippen molar-refractivity contribution >= 4 is 16.8 Å². The molecule has 0 bridgehead atoms. The van der Waals surface area contributed by atoms with Gasteiger partial charge in [-0.15, -0.1) is 0 Å². The van der Waals surface area contributed by atoms with Crippen LogP contribution in [-0.4, -0.2) is 15.9 Å². The lowest BCUT2D eigenvalue weighted by Gasteiger charge is -2.05. The maximum atomic E-state index is 11.9. The Hall–Kier alpha value is -2.62. The van der Waals surface area contributed by atoms with E-state index in [2.05, 4.69) is 27.4 Å². The Balaban J connectivity index is 1.72. The second-order valence-corrected chi connectivity index (χ2v) is 4.80. The molecule has 100 valence electrons. The van der Waals surface area contributed by atoms with Crippen molar-refractivity contribution in [3.63, 3.8) is 0 Å². The first-order valence-electron chi connectivity index (χ1n) is 6.49. The van der Waals surface area contributed by atoms with Gasteiger partial charge in [0.1, 0.15) is 0 Å². The molecule has 0 aliphatic rings. The van der Waals surface area contributed by atoms with Crippen LogP contribution < -0.4 is 5.32 Å². The molecular weight excluding hydrogens is 250 g/mol. The molecule has 0 saturated heterocycles. The number of fused-ring (bicyclic) bond motifs is 1. The highest BCUT2D eigenvalue weighted by Crippen LogP contribution is 2.16. The second-order valence-electron chi connectivity index (χ2n) is 4.80. The number of carbonyl (C=O) groups excluding carboxylic acids is 1. The monoisotopic (exact) mass is 265 g/mol. The van der Waals surface area contributed by atoms with Crippen LogP contribution in [0.15, 0.2) is 48.8 Å². The zero-order valence-electron chi connectivity index (χ0n) is 11.2. The number of nitrogens with one attached hydrogen (secondary N) is 2. The van der Waals surface area contributed by atoms with Gasteiger partial charge in [0.15, 0.2) is 0 Å². The molecule has 0 aliphatic carbocycles. The largest absolute Gasteiger partial charge is 0.359 e. The van der Waals surface area contributed by atoms with Crippen LogP contribution >= 0.6 is 0 Å². The Kier molecular flexibility index (Phi) is 3.21. The lowest BCUT2D eigenvalue weighted by atomic mass is 10.1. The number of hydrogen-bond acceptors (Lipinski definition) is 2. The standard InChI is InChI=1S/C16H15N3O/c1-11-7-14-8-12(4-5-15(14)19-11)9-18-16(20)13-3-2-6-17-10-13/h2-8,10,19H,9H2,1H3,(H,18,20). The summed E-state index contributed by atoms with van der Waals surface area (Å²) in [5, 5.41) is 4.06. The highest BCUT2D eigenvalue weighted by atomic mass is 16.1. The van der Waals surface area contributed by atoms with Gasteiger partial charge in [0.25, 0.3) is 5.91 Å². The smallest absolute Gasteiger partial charge is 0.253 e. The Bertz CT molecular complexity index is 747. The molecule has 2 heterocycles. The zero-order chi connectivity index (χ0) is 13.9. The molecule has 4 nitrogen and oxygen atoms in total. The van der Waals surface area contributed by atoms with Crippen LogP contribution in [0.25, 0.3) is 10.9 Å². The summed E-state index contributed by atoms with van der Waals surface area (Å²) in [5.74, 6) is -0.108. The topological polar surface area (TPSA) is 57.8 Å². The molecule has 0 fully saturated rings. The van der Waals surface area contributed by atoms with E-state index in [1.54, 1.807) is 24.5 Å². The Morgan fingerprint density at radius 3 is 3.00 bits per heavy atom. The van der Waals surface area contributed by atoms with Crippen molar-refractivity contribution in [2.24, 2.45) is 0 Å². The van der Waals surface area contributed by atoms with Crippen LogP contribution in [-0.2, 0) is 6.54 Å². The molecule has 0 spiro atoms. The number of aromatic amines is 1. The van der Waals surface area contributed by atoms with E-state index >= 15 is 0 Å². The van der Waals surface area contributed by atoms with Crippen molar-refractivity contribution in [1.29, 1.82) is 0 Å². The van der Waals surface area contributed by atoms with E-state index in [0.717, 1.165) is 22.2 Å². The Morgan fingerprint density at radius 1 is 1.30 bits per heavy atom. The van der Waals surface area contributed by atoms with Gasteiger partial charge >= 0.3 is 0 Å². The number of pyridine rings is 1. The molecule has 20 heavy (non-hydrogen) atoms. The molecule has 2 N–H and O–H groups in total. The molecule has 1 aromatic carbocycles. The van der Waals surface area contributed by atoms with E-state index in [-0.39, 0.29) is 5.91 Å². The van der Waals surface area contributed by atoms with E-state index in [9.17, 15) is 4.79 Å². The van der Waals surface area contributed by atoms with E-state index in [4.69, 9.17) is 0 Å². The maximum absolute atomic E-state index is 11.9. The normalized spacial score (nSPS) is 10.7. The van der Waals surface area contributed by atoms with E-state index in [0.29, 0.717) is 12.1 Å². The number of benzene rings is 1. The van der Waals surface area contributed by atoms with Crippen LogP contribution in [0.5, 0.6) is 0 Å². The van der Waals surface area contributed by atoms with Crippen LogP contribution in [0.4, 0.5) is 0 Å². The first kappa shape index (κ1) is 12.4. The molecule has 0 radical (unpaired) electrons. The number of rotatable bonds is 3. The number of aromatic nitrogens is 2. The molecule has 3 aromatic rings. The zero-order valence-corrected chi connectivity index (χ0v) is 11.2. The fourth-order valence-electron chi connectivity index (χ4n) is 2.22. The summed E-state index contributed by atoms with van der Waals surface area (Å²) in [6, 6.07) is 11.7. The Morgan fingerprint density at radius 2 is 2.20 bits per heavy atom. The third kappa shape index (κ3) is 2.54. The van der Waals surface area contributed by atoms with E-state index in [1.807, 2.05) is 19.1 Å². The predicted molar refractivity (Wildman–Crippen MR) is 78.4 cm³/mol. The third-order valence-corrected chi connectivity index (χ3v) is 3.20. The number of H-pyrrole nitrogens is 1. The molecule has 0 unspecified atom stereocenters. The van der Waals surface area contributed by atoms with Gasteiger partial charge in [-0.25, -0.2) is 0 Å². The fourth-order valence-corrected chi connectivity index (χ4v) is 2.22. The van der Waals surface area contributed by atoms with E-state index < -0.39 is 0 Å². The summed E-state index contributed by atoms with van der Waals surface area (Å²) in [7, 11) is 0.